The lowest BCUT2D eigenvalue weighted by Gasteiger charge is -2.16. The first-order chi connectivity index (χ1) is 11.6. The highest BCUT2D eigenvalue weighted by atomic mass is 19.1. The number of aromatic nitrogens is 3. The number of hydrogen-bond donors (Lipinski definition) is 2. The summed E-state index contributed by atoms with van der Waals surface area (Å²) in [7, 11) is 1.43. The van der Waals surface area contributed by atoms with E-state index in [4.69, 9.17) is 9.84 Å². The van der Waals surface area contributed by atoms with E-state index in [2.05, 4.69) is 20.3 Å². The summed E-state index contributed by atoms with van der Waals surface area (Å²) in [6.07, 6.45) is 1.71. The highest BCUT2D eigenvalue weighted by Crippen LogP contribution is 2.34. The van der Waals surface area contributed by atoms with Gasteiger partial charge < -0.3 is 9.84 Å². The van der Waals surface area contributed by atoms with E-state index in [1.54, 1.807) is 12.3 Å². The largest absolute Gasteiger partial charge is 0.494 e. The van der Waals surface area contributed by atoms with E-state index in [1.807, 2.05) is 6.07 Å². The number of carboxylic acid groups (broad SMARTS) is 1. The summed E-state index contributed by atoms with van der Waals surface area (Å²) in [5.41, 5.74) is 1.59. The Balaban J connectivity index is 1.73. The second-order valence-corrected chi connectivity index (χ2v) is 6.02. The molecule has 1 aliphatic heterocycles. The van der Waals surface area contributed by atoms with Gasteiger partial charge in [0.1, 0.15) is 0 Å². The molecule has 1 aromatic carbocycles. The zero-order chi connectivity index (χ0) is 17.1. The zero-order valence-electron chi connectivity index (χ0n) is 13.3. The number of carboxylic acids is 1. The van der Waals surface area contributed by atoms with Crippen LogP contribution in [0.15, 0.2) is 24.4 Å². The summed E-state index contributed by atoms with van der Waals surface area (Å²) < 4.78 is 18.8. The molecule has 24 heavy (non-hydrogen) atoms. The average molecular weight is 334 g/mol. The van der Waals surface area contributed by atoms with Gasteiger partial charge in [-0.2, -0.15) is 15.4 Å². The summed E-state index contributed by atoms with van der Waals surface area (Å²) in [5.74, 6) is -1.06. The minimum atomic E-state index is -0.828. The number of benzene rings is 1. The molecule has 7 nitrogen and oxygen atoms in total. The number of nitrogens with one attached hydrogen (secondary N) is 1. The van der Waals surface area contributed by atoms with Crippen molar-refractivity contribution in [3.63, 3.8) is 0 Å². The normalized spacial score (nSPS) is 21.1. The van der Waals surface area contributed by atoms with Crippen LogP contribution in [0.3, 0.4) is 0 Å². The molecular formula is C16H19FN4O3. The fraction of sp³-hybridized carbons (Fsp3) is 0.438. The van der Waals surface area contributed by atoms with Gasteiger partial charge in [-0.1, -0.05) is 6.07 Å². The Morgan fingerprint density at radius 2 is 2.33 bits per heavy atom. The van der Waals surface area contributed by atoms with Crippen LogP contribution in [0.4, 0.5) is 4.39 Å². The summed E-state index contributed by atoms with van der Waals surface area (Å²) in [5, 5.41) is 19.6. The van der Waals surface area contributed by atoms with Crippen molar-refractivity contribution in [2.75, 3.05) is 20.2 Å². The van der Waals surface area contributed by atoms with Crippen LogP contribution < -0.4 is 4.74 Å². The Morgan fingerprint density at radius 1 is 1.50 bits per heavy atom. The van der Waals surface area contributed by atoms with Crippen LogP contribution in [-0.4, -0.2) is 51.6 Å². The average Bonchev–Trinajstić information content (AvgIpc) is 3.16. The Kier molecular flexibility index (Phi) is 4.75. The van der Waals surface area contributed by atoms with Crippen molar-refractivity contribution in [3.8, 4) is 5.75 Å². The molecule has 8 heteroatoms. The predicted octanol–water partition coefficient (Wildman–Crippen LogP) is 1.64. The number of carbonyl (C=O) groups is 1. The van der Waals surface area contributed by atoms with Gasteiger partial charge >= 0.3 is 5.97 Å². The molecule has 1 aromatic heterocycles. The molecule has 2 N–H and O–H groups in total. The third-order valence-electron chi connectivity index (χ3n) is 4.39. The van der Waals surface area contributed by atoms with Crippen LogP contribution in [0.1, 0.15) is 23.6 Å². The Bertz CT molecular complexity index is 707. The monoisotopic (exact) mass is 334 g/mol. The molecular weight excluding hydrogens is 315 g/mol. The molecule has 0 radical (unpaired) electrons. The highest BCUT2D eigenvalue weighted by Gasteiger charge is 2.36. The minimum absolute atomic E-state index is 0.00273. The molecule has 0 spiro atoms. The Hall–Kier alpha value is -2.48. The molecule has 0 saturated carbocycles. The van der Waals surface area contributed by atoms with Crippen molar-refractivity contribution in [2.45, 2.75) is 18.9 Å². The molecule has 2 atom stereocenters. The molecule has 1 saturated heterocycles. The van der Waals surface area contributed by atoms with Crippen LogP contribution in [0, 0.1) is 11.7 Å². The molecule has 1 fully saturated rings. The quantitative estimate of drug-likeness (QED) is 0.834. The molecule has 0 aliphatic carbocycles. The van der Waals surface area contributed by atoms with Gasteiger partial charge in [-0.15, -0.1) is 0 Å². The molecule has 0 unspecified atom stereocenters. The number of aromatic amines is 1. The highest BCUT2D eigenvalue weighted by molar-refractivity contribution is 5.67. The van der Waals surface area contributed by atoms with E-state index >= 15 is 0 Å². The second kappa shape index (κ2) is 6.96. The maximum Gasteiger partial charge on any atom is 0.303 e. The number of likely N-dealkylation sites (tertiary alicyclic amines) is 1. The maximum atomic E-state index is 13.8. The smallest absolute Gasteiger partial charge is 0.303 e. The van der Waals surface area contributed by atoms with E-state index in [0.717, 1.165) is 11.3 Å². The van der Waals surface area contributed by atoms with Gasteiger partial charge in [0.15, 0.2) is 11.6 Å². The number of halogens is 1. The number of rotatable bonds is 6. The lowest BCUT2D eigenvalue weighted by Crippen LogP contribution is -2.21. The third kappa shape index (κ3) is 3.53. The summed E-state index contributed by atoms with van der Waals surface area (Å²) >= 11 is 0. The summed E-state index contributed by atoms with van der Waals surface area (Å²) in [4.78, 5) is 13.2. The third-order valence-corrected chi connectivity index (χ3v) is 4.39. The first-order valence-corrected chi connectivity index (χ1v) is 7.69. The van der Waals surface area contributed by atoms with Gasteiger partial charge in [-0.25, -0.2) is 4.39 Å². The van der Waals surface area contributed by atoms with Gasteiger partial charge in [0.25, 0.3) is 0 Å². The van der Waals surface area contributed by atoms with E-state index in [9.17, 15) is 9.18 Å². The van der Waals surface area contributed by atoms with Crippen molar-refractivity contribution in [1.29, 1.82) is 0 Å². The first kappa shape index (κ1) is 16.4. The number of hydrogen-bond acceptors (Lipinski definition) is 5. The molecule has 0 amide bonds. The van der Waals surface area contributed by atoms with E-state index in [0.29, 0.717) is 19.6 Å². The van der Waals surface area contributed by atoms with Crippen LogP contribution in [0.25, 0.3) is 0 Å². The molecule has 1 aliphatic rings. The van der Waals surface area contributed by atoms with Crippen molar-refractivity contribution in [2.24, 2.45) is 5.92 Å². The molecule has 3 rings (SSSR count). The Labute approximate surface area is 138 Å². The van der Waals surface area contributed by atoms with Crippen LogP contribution in [-0.2, 0) is 11.3 Å². The van der Waals surface area contributed by atoms with Crippen molar-refractivity contribution in [3.05, 3.63) is 41.5 Å². The lowest BCUT2D eigenvalue weighted by molar-refractivity contribution is -0.138. The van der Waals surface area contributed by atoms with Crippen molar-refractivity contribution >= 4 is 5.97 Å². The van der Waals surface area contributed by atoms with Gasteiger partial charge in [0.2, 0.25) is 0 Å². The topological polar surface area (TPSA) is 91.3 Å². The minimum Gasteiger partial charge on any atom is -0.494 e. The molecule has 2 heterocycles. The van der Waals surface area contributed by atoms with Crippen LogP contribution >= 0.6 is 0 Å². The standard InChI is InChI=1S/C16H19FN4O3/c1-24-15-3-2-10(4-13(15)17)7-21-8-11(5-16(22)23)12(9-21)14-6-18-20-19-14/h2-4,6,11-12H,5,7-9H2,1H3,(H,22,23)(H,18,19,20)/t11-,12+/m1/s1. The van der Waals surface area contributed by atoms with E-state index < -0.39 is 11.8 Å². The number of ether oxygens (including phenoxy) is 1. The van der Waals surface area contributed by atoms with E-state index in [-0.39, 0.29) is 24.0 Å². The van der Waals surface area contributed by atoms with Crippen LogP contribution in [0.2, 0.25) is 0 Å². The summed E-state index contributed by atoms with van der Waals surface area (Å²) in [6.45, 7) is 1.83. The molecule has 0 bridgehead atoms. The number of methoxy groups -OCH3 is 1. The summed E-state index contributed by atoms with van der Waals surface area (Å²) in [6, 6.07) is 4.87. The predicted molar refractivity (Wildman–Crippen MR) is 83.1 cm³/mol. The lowest BCUT2D eigenvalue weighted by atomic mass is 9.91. The number of H-pyrrole nitrogens is 1. The number of aliphatic carboxylic acids is 1. The van der Waals surface area contributed by atoms with E-state index in [1.165, 1.54) is 13.2 Å². The number of nitrogens with zero attached hydrogens (tertiary/aromatic N) is 3. The van der Waals surface area contributed by atoms with Gasteiger partial charge in [-0.3, -0.25) is 9.69 Å². The maximum absolute atomic E-state index is 13.8. The van der Waals surface area contributed by atoms with Crippen molar-refractivity contribution in [1.82, 2.24) is 20.3 Å². The second-order valence-electron chi connectivity index (χ2n) is 6.02. The van der Waals surface area contributed by atoms with Crippen molar-refractivity contribution < 1.29 is 19.0 Å². The SMILES string of the molecule is COc1ccc(CN2C[C@@H](CC(=O)O)[C@@H](c3cn[nH]n3)C2)cc1F. The Morgan fingerprint density at radius 3 is 2.96 bits per heavy atom. The first-order valence-electron chi connectivity index (χ1n) is 7.69. The fourth-order valence-corrected chi connectivity index (χ4v) is 3.31. The molecule has 128 valence electrons. The zero-order valence-corrected chi connectivity index (χ0v) is 13.3. The van der Waals surface area contributed by atoms with Gasteiger partial charge in [0, 0.05) is 25.6 Å². The van der Waals surface area contributed by atoms with Gasteiger partial charge in [0.05, 0.1) is 25.4 Å². The van der Waals surface area contributed by atoms with Crippen LogP contribution in [0.5, 0.6) is 5.75 Å². The fourth-order valence-electron chi connectivity index (χ4n) is 3.31. The molecule has 2 aromatic rings. The van der Waals surface area contributed by atoms with Gasteiger partial charge in [-0.05, 0) is 23.6 Å².